The average Bonchev–Trinajstić information content (AvgIpc) is 3.45. The molecule has 3 aromatic rings. The first-order chi connectivity index (χ1) is 28.4. The van der Waals surface area contributed by atoms with Crippen LogP contribution in [0.5, 0.6) is 11.5 Å². The summed E-state index contributed by atoms with van der Waals surface area (Å²) in [5.41, 5.74) is 2.51. The summed E-state index contributed by atoms with van der Waals surface area (Å²) in [6.07, 6.45) is -1.24. The van der Waals surface area contributed by atoms with Crippen LogP contribution in [0, 0.1) is 0 Å². The Hall–Kier alpha value is -7.11. The monoisotopic (exact) mass is 821 g/mol. The number of ether oxygens (including phenoxy) is 9. The largest absolute Gasteiger partial charge is 0.441 e. The second-order valence-electron chi connectivity index (χ2n) is 12.7. The van der Waals surface area contributed by atoms with E-state index in [1.165, 1.54) is 34.6 Å². The lowest BCUT2D eigenvalue weighted by molar-refractivity contribution is -0.167. The van der Waals surface area contributed by atoms with Crippen molar-refractivity contribution in [1.82, 2.24) is 0 Å². The molecule has 0 aromatic heterocycles. The predicted octanol–water partition coefficient (Wildman–Crippen LogP) is 3.58. The third-order valence-corrected chi connectivity index (χ3v) is 8.53. The van der Waals surface area contributed by atoms with Crippen molar-refractivity contribution in [2.75, 3.05) is 20.4 Å². The summed E-state index contributed by atoms with van der Waals surface area (Å²) < 4.78 is 51.1. The van der Waals surface area contributed by atoms with Crippen LogP contribution in [-0.2, 0) is 96.4 Å². The molecule has 1 spiro atoms. The molecular weight excluding hydrogens is 780 g/mol. The van der Waals surface area contributed by atoms with Crippen LogP contribution in [0.2, 0.25) is 0 Å². The maximum Gasteiger partial charge on any atom is 0.340 e. The van der Waals surface area contributed by atoms with Gasteiger partial charge in [0.15, 0.2) is 6.97 Å². The van der Waals surface area contributed by atoms with Crippen LogP contribution in [0.15, 0.2) is 48.5 Å². The second-order valence-corrected chi connectivity index (χ2v) is 12.7. The van der Waals surface area contributed by atoms with Crippen molar-refractivity contribution in [3.05, 3.63) is 93.0 Å². The van der Waals surface area contributed by atoms with Gasteiger partial charge in [0, 0.05) is 64.2 Å². The Bertz CT molecular complexity index is 2090. The number of benzene rings is 3. The molecule has 59 heavy (non-hydrogen) atoms. The summed E-state index contributed by atoms with van der Waals surface area (Å²) in [6.45, 7) is 4.43. The van der Waals surface area contributed by atoms with Gasteiger partial charge in [0.1, 0.15) is 11.5 Å². The van der Waals surface area contributed by atoms with E-state index in [1.54, 1.807) is 48.5 Å². The summed E-state index contributed by atoms with van der Waals surface area (Å²) in [5, 5.41) is 0. The second kappa shape index (κ2) is 20.4. The molecule has 1 aliphatic carbocycles. The van der Waals surface area contributed by atoms with Crippen molar-refractivity contribution in [1.29, 1.82) is 0 Å². The summed E-state index contributed by atoms with van der Waals surface area (Å²) in [6, 6.07) is 13.6. The fraction of sp³-hybridized carbons (Fsp3) is 0.341. The quantitative estimate of drug-likeness (QED) is 0.0742. The molecule has 1 heterocycles. The predicted molar refractivity (Wildman–Crippen MR) is 196 cm³/mol. The molecule has 312 valence electrons. The van der Waals surface area contributed by atoms with Gasteiger partial charge in [0.25, 0.3) is 6.45 Å². The summed E-state index contributed by atoms with van der Waals surface area (Å²) in [7, 11) is 0. The molecule has 18 nitrogen and oxygen atoms in total. The SMILES string of the molecule is CC(=O)OCOC(=O)CCc1cc2c(cc1OC(C)=O)Cc1cc(OC(C)=O)c(CCC(=O)OCOC(C)=O)cc1C21OC(=O)c2ccccc21.[2H]C(=O)OCOC(C)=O. The summed E-state index contributed by atoms with van der Waals surface area (Å²) in [5.74, 6) is -4.58. The van der Waals surface area contributed by atoms with Crippen LogP contribution in [-0.4, -0.2) is 74.6 Å². The minimum Gasteiger partial charge on any atom is -0.441 e. The van der Waals surface area contributed by atoms with Crippen molar-refractivity contribution >= 4 is 54.2 Å². The molecule has 0 saturated heterocycles. The van der Waals surface area contributed by atoms with Crippen LogP contribution in [0.25, 0.3) is 0 Å². The van der Waals surface area contributed by atoms with Crippen molar-refractivity contribution < 1.29 is 87.2 Å². The Morgan fingerprint density at radius 3 is 1.54 bits per heavy atom. The Morgan fingerprint density at radius 2 is 1.10 bits per heavy atom. The summed E-state index contributed by atoms with van der Waals surface area (Å²) in [4.78, 5) is 105. The van der Waals surface area contributed by atoms with E-state index in [-0.39, 0.29) is 43.6 Å². The molecule has 5 rings (SSSR count). The Labute approximate surface area is 338 Å². The molecule has 0 saturated carbocycles. The van der Waals surface area contributed by atoms with E-state index >= 15 is 0 Å². The number of rotatable bonds is 14. The molecule has 0 radical (unpaired) electrons. The van der Waals surface area contributed by atoms with Gasteiger partial charge >= 0.3 is 47.8 Å². The minimum atomic E-state index is -1.53. The topological polar surface area (TPSA) is 237 Å². The zero-order valence-electron chi connectivity index (χ0n) is 33.6. The van der Waals surface area contributed by atoms with Gasteiger partial charge in [-0.25, -0.2) is 4.79 Å². The lowest BCUT2D eigenvalue weighted by atomic mass is 9.70. The normalized spacial score (nSPS) is 12.6. The van der Waals surface area contributed by atoms with Gasteiger partial charge in [0.2, 0.25) is 20.4 Å². The third kappa shape index (κ3) is 11.7. The lowest BCUT2D eigenvalue weighted by Crippen LogP contribution is -2.35. The van der Waals surface area contributed by atoms with E-state index in [1.807, 2.05) is 0 Å². The average molecular weight is 822 g/mol. The van der Waals surface area contributed by atoms with Crippen LogP contribution in [0.1, 0.15) is 98.1 Å². The molecule has 0 amide bonds. The van der Waals surface area contributed by atoms with Gasteiger partial charge in [-0.05, 0) is 71.8 Å². The van der Waals surface area contributed by atoms with Crippen molar-refractivity contribution in [3.8, 4) is 11.5 Å². The molecule has 0 fully saturated rings. The van der Waals surface area contributed by atoms with Crippen molar-refractivity contribution in [2.24, 2.45) is 0 Å². The van der Waals surface area contributed by atoms with Crippen molar-refractivity contribution in [2.45, 2.75) is 72.3 Å². The van der Waals surface area contributed by atoms with E-state index in [2.05, 4.69) is 18.9 Å². The van der Waals surface area contributed by atoms with Gasteiger partial charge in [-0.2, -0.15) is 0 Å². The number of aryl methyl sites for hydroxylation is 2. The Balaban J connectivity index is 0.000000790. The molecule has 1 aliphatic heterocycles. The highest BCUT2D eigenvalue weighted by Crippen LogP contribution is 2.54. The first-order valence-corrected chi connectivity index (χ1v) is 17.8. The number of hydrogen-bond donors (Lipinski definition) is 0. The number of carbonyl (C=O) groups is 9. The number of fused-ring (bicyclic) bond motifs is 6. The highest BCUT2D eigenvalue weighted by Gasteiger charge is 2.52. The van der Waals surface area contributed by atoms with Crippen LogP contribution in [0.4, 0.5) is 0 Å². The van der Waals surface area contributed by atoms with Gasteiger partial charge in [-0.3, -0.25) is 38.4 Å². The zero-order valence-corrected chi connectivity index (χ0v) is 32.6. The van der Waals surface area contributed by atoms with Gasteiger partial charge < -0.3 is 42.6 Å². The van der Waals surface area contributed by atoms with E-state index in [4.69, 9.17) is 25.1 Å². The van der Waals surface area contributed by atoms with E-state index in [0.717, 1.165) is 0 Å². The van der Waals surface area contributed by atoms with E-state index in [0.29, 0.717) is 44.5 Å². The molecule has 3 aromatic carbocycles. The fourth-order valence-corrected chi connectivity index (χ4v) is 6.25. The summed E-state index contributed by atoms with van der Waals surface area (Å²) >= 11 is 0. The molecule has 0 unspecified atom stereocenters. The molecule has 0 N–H and O–H groups in total. The molecule has 0 bridgehead atoms. The Morgan fingerprint density at radius 1 is 0.644 bits per heavy atom. The zero-order chi connectivity index (χ0) is 44.1. The van der Waals surface area contributed by atoms with Gasteiger partial charge in [0.05, 0.1) is 5.56 Å². The maximum atomic E-state index is 13.5. The maximum absolute atomic E-state index is 13.5. The van der Waals surface area contributed by atoms with Gasteiger partial charge in [-0.15, -0.1) is 0 Å². The van der Waals surface area contributed by atoms with Crippen molar-refractivity contribution in [3.63, 3.8) is 0 Å². The fourth-order valence-electron chi connectivity index (χ4n) is 6.25. The van der Waals surface area contributed by atoms with E-state index in [9.17, 15) is 43.2 Å². The third-order valence-electron chi connectivity index (χ3n) is 8.53. The lowest BCUT2D eigenvalue weighted by Gasteiger charge is -2.38. The molecule has 0 atom stereocenters. The highest BCUT2D eigenvalue weighted by molar-refractivity contribution is 5.97. The molecular formula is C41H40O18. The number of esters is 8. The van der Waals surface area contributed by atoms with Crippen LogP contribution < -0.4 is 9.47 Å². The smallest absolute Gasteiger partial charge is 0.340 e. The van der Waals surface area contributed by atoms with Crippen LogP contribution in [0.3, 0.4) is 0 Å². The number of hydrogen-bond acceptors (Lipinski definition) is 18. The van der Waals surface area contributed by atoms with Crippen LogP contribution >= 0.6 is 0 Å². The van der Waals surface area contributed by atoms with E-state index < -0.39 is 80.2 Å². The standard InChI is InChI=1S/C37H34O14.C4H6O4/c1-20(38)45-18-47-34(42)11-9-24-14-30-26(16-32(24)49-22(3)40)13-27-17-33(50-23(4)41)25(10-12-35(43)48-19-46-21(2)39)15-31(27)37(30)29-8-6-5-7-28(29)36(44)51-37;1-4(6)8-3-7-2-5/h5-8,14-17H,9-13,18-19H2,1-4H3;2H,3H2,1H3/i;2D. The highest BCUT2D eigenvalue weighted by atomic mass is 16.7. The first kappa shape index (κ1) is 43.0. The minimum absolute atomic E-state index is 0.0411. The first-order valence-electron chi connectivity index (χ1n) is 18.3. The molecule has 18 heteroatoms. The van der Waals surface area contributed by atoms with Gasteiger partial charge in [-0.1, -0.05) is 18.2 Å². The molecule has 2 aliphatic rings. The number of carbonyl (C=O) groups excluding carboxylic acids is 9. The Kier molecular flexibility index (Phi) is 14.8.